The van der Waals surface area contributed by atoms with Gasteiger partial charge in [-0.3, -0.25) is 4.79 Å². The maximum Gasteiger partial charge on any atom is 0.406 e. The van der Waals surface area contributed by atoms with Gasteiger partial charge < -0.3 is 20.2 Å². The molecule has 0 saturated carbocycles. The summed E-state index contributed by atoms with van der Waals surface area (Å²) >= 11 is 12.1. The van der Waals surface area contributed by atoms with Crippen molar-refractivity contribution in [3.05, 3.63) is 56.2 Å². The highest BCUT2D eigenvalue weighted by Crippen LogP contribution is 2.32. The van der Waals surface area contributed by atoms with Gasteiger partial charge in [-0.15, -0.1) is 0 Å². The van der Waals surface area contributed by atoms with Gasteiger partial charge >= 0.3 is 5.82 Å². The lowest BCUT2D eigenvalue weighted by Crippen LogP contribution is -2.21. The maximum absolute atomic E-state index is 11.9. The summed E-state index contributed by atoms with van der Waals surface area (Å²) in [6.07, 6.45) is 1.26. The Morgan fingerprint density at radius 3 is 2.83 bits per heavy atom. The van der Waals surface area contributed by atoms with Gasteiger partial charge in [-0.1, -0.05) is 29.3 Å². The van der Waals surface area contributed by atoms with Crippen LogP contribution in [0.3, 0.4) is 0 Å². The second kappa shape index (κ2) is 7.26. The molecule has 120 valence electrons. The van der Waals surface area contributed by atoms with Gasteiger partial charge in [0.1, 0.15) is 6.20 Å². The molecule has 2 rings (SSSR count). The molecule has 0 bridgehead atoms. The maximum atomic E-state index is 11.9. The second-order valence-corrected chi connectivity index (χ2v) is 5.26. The number of pyridine rings is 1. The number of rotatable bonds is 5. The molecule has 1 aromatic carbocycles. The normalized spacial score (nSPS) is 10.2. The highest BCUT2D eigenvalue weighted by atomic mass is 35.5. The van der Waals surface area contributed by atoms with Crippen molar-refractivity contribution in [3.8, 4) is 5.75 Å². The Labute approximate surface area is 141 Å². The first-order valence-electron chi connectivity index (χ1n) is 6.37. The molecular formula is C14H11Cl2N3O4. The van der Waals surface area contributed by atoms with E-state index in [2.05, 4.69) is 10.3 Å². The van der Waals surface area contributed by atoms with Gasteiger partial charge in [-0.05, 0) is 40.6 Å². The molecular weight excluding hydrogens is 345 g/mol. The fraction of sp³-hybridized carbons (Fsp3) is 0.143. The number of nitrogens with one attached hydrogen (secondary N) is 1. The summed E-state index contributed by atoms with van der Waals surface area (Å²) in [5.41, 5.74) is 1.01. The summed E-state index contributed by atoms with van der Waals surface area (Å²) in [7, 11) is 0. The Kier molecular flexibility index (Phi) is 5.36. The number of anilines is 1. The SMILES string of the molecule is Cc1ccc(Cl)c(NC(=O)COc2cccnc2[N+](=O)[O-])c1Cl. The number of ether oxygens (including phenoxy) is 1. The molecule has 1 aromatic heterocycles. The van der Waals surface area contributed by atoms with Gasteiger partial charge in [0.15, 0.2) is 6.61 Å². The third kappa shape index (κ3) is 4.08. The first-order valence-corrected chi connectivity index (χ1v) is 7.12. The van der Waals surface area contributed by atoms with Gasteiger partial charge in [0.25, 0.3) is 5.91 Å². The largest absolute Gasteiger partial charge is 0.476 e. The summed E-state index contributed by atoms with van der Waals surface area (Å²) in [5.74, 6) is -1.13. The first-order chi connectivity index (χ1) is 10.9. The molecule has 0 saturated heterocycles. The predicted octanol–water partition coefficient (Wildman–Crippen LogP) is 3.62. The van der Waals surface area contributed by atoms with Crippen molar-refractivity contribution >= 4 is 40.6 Å². The lowest BCUT2D eigenvalue weighted by Gasteiger charge is -2.11. The number of hydrogen-bond donors (Lipinski definition) is 1. The summed E-state index contributed by atoms with van der Waals surface area (Å²) < 4.78 is 5.14. The monoisotopic (exact) mass is 355 g/mol. The van der Waals surface area contributed by atoms with Crippen LogP contribution in [0.2, 0.25) is 10.0 Å². The number of aromatic nitrogens is 1. The highest BCUT2D eigenvalue weighted by Gasteiger charge is 2.17. The Morgan fingerprint density at radius 1 is 1.39 bits per heavy atom. The Morgan fingerprint density at radius 2 is 2.13 bits per heavy atom. The van der Waals surface area contributed by atoms with Crippen LogP contribution in [0.5, 0.6) is 5.75 Å². The zero-order chi connectivity index (χ0) is 17.0. The molecule has 0 aliphatic heterocycles. The average molecular weight is 356 g/mol. The predicted molar refractivity (Wildman–Crippen MR) is 86.2 cm³/mol. The van der Waals surface area contributed by atoms with E-state index in [4.69, 9.17) is 27.9 Å². The van der Waals surface area contributed by atoms with Crippen LogP contribution in [-0.2, 0) is 4.79 Å². The zero-order valence-electron chi connectivity index (χ0n) is 11.9. The summed E-state index contributed by atoms with van der Waals surface area (Å²) in [5, 5.41) is 13.9. The van der Waals surface area contributed by atoms with E-state index in [0.717, 1.165) is 5.56 Å². The summed E-state index contributed by atoms with van der Waals surface area (Å²) in [4.78, 5) is 25.6. The molecule has 0 unspecified atom stereocenters. The van der Waals surface area contributed by atoms with Crippen LogP contribution in [0.15, 0.2) is 30.5 Å². The fourth-order valence-electron chi connectivity index (χ4n) is 1.72. The van der Waals surface area contributed by atoms with Crippen LogP contribution in [0.25, 0.3) is 0 Å². The van der Waals surface area contributed by atoms with E-state index in [1.54, 1.807) is 19.1 Å². The van der Waals surface area contributed by atoms with Crippen LogP contribution < -0.4 is 10.1 Å². The van der Waals surface area contributed by atoms with Crippen molar-refractivity contribution in [1.82, 2.24) is 4.98 Å². The molecule has 0 spiro atoms. The van der Waals surface area contributed by atoms with E-state index in [0.29, 0.717) is 5.02 Å². The van der Waals surface area contributed by atoms with Crippen molar-refractivity contribution in [1.29, 1.82) is 0 Å². The van der Waals surface area contributed by atoms with E-state index >= 15 is 0 Å². The van der Waals surface area contributed by atoms with Crippen molar-refractivity contribution in [2.24, 2.45) is 0 Å². The van der Waals surface area contributed by atoms with Gasteiger partial charge in [-0.2, -0.15) is 0 Å². The zero-order valence-corrected chi connectivity index (χ0v) is 13.4. The van der Waals surface area contributed by atoms with Gasteiger partial charge in [-0.25, -0.2) is 0 Å². The molecule has 2 aromatic rings. The van der Waals surface area contributed by atoms with Crippen LogP contribution in [0, 0.1) is 17.0 Å². The van der Waals surface area contributed by atoms with Crippen LogP contribution in [-0.4, -0.2) is 22.4 Å². The molecule has 0 fully saturated rings. The smallest absolute Gasteiger partial charge is 0.406 e. The second-order valence-electron chi connectivity index (χ2n) is 4.47. The Hall–Kier alpha value is -2.38. The van der Waals surface area contributed by atoms with E-state index in [1.165, 1.54) is 18.3 Å². The van der Waals surface area contributed by atoms with Gasteiger partial charge in [0.2, 0.25) is 5.75 Å². The van der Waals surface area contributed by atoms with E-state index in [9.17, 15) is 14.9 Å². The average Bonchev–Trinajstić information content (AvgIpc) is 2.53. The summed E-state index contributed by atoms with van der Waals surface area (Å²) in [6, 6.07) is 6.14. The number of benzene rings is 1. The number of carbonyl (C=O) groups is 1. The van der Waals surface area contributed by atoms with Gasteiger partial charge in [0, 0.05) is 0 Å². The molecule has 0 aliphatic carbocycles. The van der Waals surface area contributed by atoms with Crippen LogP contribution >= 0.6 is 23.2 Å². The lowest BCUT2D eigenvalue weighted by molar-refractivity contribution is -0.390. The van der Waals surface area contributed by atoms with Crippen LogP contribution in [0.1, 0.15) is 5.56 Å². The van der Waals surface area contributed by atoms with Crippen molar-refractivity contribution in [2.45, 2.75) is 6.92 Å². The minimum atomic E-state index is -0.693. The Balaban J connectivity index is 2.07. The van der Waals surface area contributed by atoms with E-state index < -0.39 is 23.3 Å². The quantitative estimate of drug-likeness (QED) is 0.652. The van der Waals surface area contributed by atoms with Crippen molar-refractivity contribution in [2.75, 3.05) is 11.9 Å². The van der Waals surface area contributed by atoms with Gasteiger partial charge in [0.05, 0.1) is 15.7 Å². The topological polar surface area (TPSA) is 94.4 Å². The van der Waals surface area contributed by atoms with E-state index in [1.807, 2.05) is 0 Å². The third-order valence-corrected chi connectivity index (χ3v) is 3.63. The molecule has 0 aliphatic rings. The number of carbonyl (C=O) groups excluding carboxylic acids is 1. The number of halogens is 2. The van der Waals surface area contributed by atoms with Crippen LogP contribution in [0.4, 0.5) is 11.5 Å². The van der Waals surface area contributed by atoms with E-state index in [-0.39, 0.29) is 16.5 Å². The standard InChI is InChI=1S/C14H11Cl2N3O4/c1-8-4-5-9(15)13(12(8)16)18-11(20)7-23-10-3-2-6-17-14(10)19(21)22/h2-6H,7H2,1H3,(H,18,20). The molecule has 1 amide bonds. The first kappa shape index (κ1) is 17.0. The summed E-state index contributed by atoms with van der Waals surface area (Å²) in [6.45, 7) is 1.32. The highest BCUT2D eigenvalue weighted by molar-refractivity contribution is 6.40. The molecule has 1 heterocycles. The number of aryl methyl sites for hydroxylation is 1. The number of nitro groups is 1. The molecule has 0 atom stereocenters. The van der Waals surface area contributed by atoms with Crippen molar-refractivity contribution in [3.63, 3.8) is 0 Å². The molecule has 9 heteroatoms. The Bertz CT molecular complexity index is 768. The molecule has 7 nitrogen and oxygen atoms in total. The fourth-order valence-corrected chi connectivity index (χ4v) is 2.19. The third-order valence-electron chi connectivity index (χ3n) is 2.83. The lowest BCUT2D eigenvalue weighted by atomic mass is 10.2. The number of hydrogen-bond acceptors (Lipinski definition) is 5. The molecule has 23 heavy (non-hydrogen) atoms. The molecule has 1 N–H and O–H groups in total. The van der Waals surface area contributed by atoms with Crippen molar-refractivity contribution < 1.29 is 14.5 Å². The molecule has 0 radical (unpaired) electrons. The minimum absolute atomic E-state index is 0.103. The number of nitrogens with zero attached hydrogens (tertiary/aromatic N) is 2. The minimum Gasteiger partial charge on any atom is -0.476 e. The number of amides is 1.